The Morgan fingerprint density at radius 1 is 1.43 bits per heavy atom. The minimum Gasteiger partial charge on any atom is -0.394 e. The van der Waals surface area contributed by atoms with E-state index < -0.39 is 6.10 Å². The summed E-state index contributed by atoms with van der Waals surface area (Å²) in [5.41, 5.74) is 0.941. The van der Waals surface area contributed by atoms with E-state index in [-0.39, 0.29) is 18.6 Å². The summed E-state index contributed by atoms with van der Waals surface area (Å²) in [5.74, 6) is 0.116. The van der Waals surface area contributed by atoms with E-state index in [1.54, 1.807) is 17.3 Å². The molecule has 1 saturated heterocycles. The molecule has 2 heterocycles. The lowest BCUT2D eigenvalue weighted by molar-refractivity contribution is -0.0813. The quantitative estimate of drug-likeness (QED) is 0.882. The number of aliphatic hydroxyl groups excluding tert-OH is 1. The lowest BCUT2D eigenvalue weighted by atomic mass is 9.98. The summed E-state index contributed by atoms with van der Waals surface area (Å²) < 4.78 is 5.62. The molecule has 3 rings (SSSR count). The van der Waals surface area contributed by atoms with Crippen molar-refractivity contribution >= 4 is 5.91 Å². The minimum atomic E-state index is -0.430. The smallest absolute Gasteiger partial charge is 0.290 e. The summed E-state index contributed by atoms with van der Waals surface area (Å²) in [5, 5.41) is 9.57. The second kappa shape index (κ2) is 6.07. The predicted octanol–water partition coefficient (Wildman–Crippen LogP) is 0.984. The lowest BCUT2D eigenvalue weighted by Gasteiger charge is -2.40. The topological polar surface area (TPSA) is 78.5 Å². The highest BCUT2D eigenvalue weighted by molar-refractivity contribution is 5.91. The maximum Gasteiger partial charge on any atom is 0.290 e. The Morgan fingerprint density at radius 2 is 2.24 bits per heavy atom. The first-order chi connectivity index (χ1) is 10.3. The molecule has 110 valence electrons. The SMILES string of the molecule is O=C(c1ncc[nH]1)N1CCO[C@@H](CO)[C@@H]1c1ccccc1. The van der Waals surface area contributed by atoms with Crippen LogP contribution in [0, 0.1) is 0 Å². The van der Waals surface area contributed by atoms with Crippen LogP contribution in [-0.2, 0) is 4.74 Å². The van der Waals surface area contributed by atoms with Crippen LogP contribution in [0.5, 0.6) is 0 Å². The first-order valence-electron chi connectivity index (χ1n) is 6.89. The molecule has 1 amide bonds. The van der Waals surface area contributed by atoms with Crippen LogP contribution in [0.1, 0.15) is 22.2 Å². The number of H-pyrrole nitrogens is 1. The highest BCUT2D eigenvalue weighted by Gasteiger charge is 2.37. The number of ether oxygens (including phenoxy) is 1. The summed E-state index contributed by atoms with van der Waals surface area (Å²) >= 11 is 0. The van der Waals surface area contributed by atoms with Gasteiger partial charge < -0.3 is 19.7 Å². The molecular formula is C15H17N3O3. The standard InChI is InChI=1S/C15H17N3O3/c19-10-12-13(11-4-2-1-3-5-11)18(8-9-21-12)15(20)14-16-6-7-17-14/h1-7,12-13,19H,8-10H2,(H,16,17)/t12-,13-/m0/s1. The molecule has 1 aromatic carbocycles. The van der Waals surface area contributed by atoms with E-state index in [2.05, 4.69) is 9.97 Å². The molecular weight excluding hydrogens is 270 g/mol. The van der Waals surface area contributed by atoms with Crippen molar-refractivity contribution < 1.29 is 14.6 Å². The van der Waals surface area contributed by atoms with Crippen LogP contribution < -0.4 is 0 Å². The normalized spacial score (nSPS) is 22.2. The molecule has 0 aliphatic carbocycles. The second-order valence-electron chi connectivity index (χ2n) is 4.88. The number of aromatic nitrogens is 2. The number of nitrogens with one attached hydrogen (secondary N) is 1. The highest BCUT2D eigenvalue weighted by Crippen LogP contribution is 2.30. The molecule has 1 aliphatic rings. The molecule has 1 aliphatic heterocycles. The summed E-state index contributed by atoms with van der Waals surface area (Å²) in [4.78, 5) is 21.2. The number of hydrogen-bond donors (Lipinski definition) is 2. The van der Waals surface area contributed by atoms with Crippen LogP contribution in [0.25, 0.3) is 0 Å². The summed E-state index contributed by atoms with van der Waals surface area (Å²) in [7, 11) is 0. The first-order valence-corrected chi connectivity index (χ1v) is 6.89. The van der Waals surface area contributed by atoms with Crippen molar-refractivity contribution in [3.8, 4) is 0 Å². The van der Waals surface area contributed by atoms with Gasteiger partial charge in [0.05, 0.1) is 19.3 Å². The molecule has 1 fully saturated rings. The van der Waals surface area contributed by atoms with Gasteiger partial charge in [-0.05, 0) is 5.56 Å². The number of hydrogen-bond acceptors (Lipinski definition) is 4. The van der Waals surface area contributed by atoms with E-state index in [0.717, 1.165) is 5.56 Å². The van der Waals surface area contributed by atoms with Gasteiger partial charge in [0, 0.05) is 18.9 Å². The maximum atomic E-state index is 12.6. The number of rotatable bonds is 3. The summed E-state index contributed by atoms with van der Waals surface area (Å²) in [6.07, 6.45) is 2.74. The van der Waals surface area contributed by atoms with E-state index in [0.29, 0.717) is 19.0 Å². The van der Waals surface area contributed by atoms with E-state index in [4.69, 9.17) is 4.74 Å². The summed E-state index contributed by atoms with van der Waals surface area (Å²) in [6.45, 7) is 0.734. The summed E-state index contributed by atoms with van der Waals surface area (Å²) in [6, 6.07) is 9.29. The van der Waals surface area contributed by atoms with Crippen molar-refractivity contribution in [2.45, 2.75) is 12.1 Å². The van der Waals surface area contributed by atoms with Gasteiger partial charge >= 0.3 is 0 Å². The van der Waals surface area contributed by atoms with Crippen LogP contribution >= 0.6 is 0 Å². The van der Waals surface area contributed by atoms with Crippen LogP contribution in [0.4, 0.5) is 0 Å². The Bertz CT molecular complexity index is 585. The fourth-order valence-corrected chi connectivity index (χ4v) is 2.68. The largest absolute Gasteiger partial charge is 0.394 e. The minimum absolute atomic E-state index is 0.137. The number of benzene rings is 1. The molecule has 2 N–H and O–H groups in total. The van der Waals surface area contributed by atoms with Gasteiger partial charge in [0.25, 0.3) is 5.91 Å². The number of carbonyl (C=O) groups excluding carboxylic acids is 1. The second-order valence-corrected chi connectivity index (χ2v) is 4.88. The van der Waals surface area contributed by atoms with Crippen molar-refractivity contribution in [1.29, 1.82) is 0 Å². The number of amides is 1. The van der Waals surface area contributed by atoms with Crippen LogP contribution in [-0.4, -0.2) is 51.7 Å². The molecule has 2 atom stereocenters. The number of aromatic amines is 1. The van der Waals surface area contributed by atoms with Gasteiger partial charge in [-0.15, -0.1) is 0 Å². The van der Waals surface area contributed by atoms with Crippen LogP contribution in [0.3, 0.4) is 0 Å². The molecule has 2 aromatic rings. The zero-order chi connectivity index (χ0) is 14.7. The van der Waals surface area contributed by atoms with Crippen LogP contribution in [0.2, 0.25) is 0 Å². The van der Waals surface area contributed by atoms with Gasteiger partial charge in [-0.1, -0.05) is 30.3 Å². The Morgan fingerprint density at radius 3 is 2.90 bits per heavy atom. The first kappa shape index (κ1) is 13.8. The number of morpholine rings is 1. The zero-order valence-corrected chi connectivity index (χ0v) is 11.5. The van der Waals surface area contributed by atoms with Crippen molar-refractivity contribution in [3.63, 3.8) is 0 Å². The lowest BCUT2D eigenvalue weighted by Crippen LogP contribution is -2.49. The van der Waals surface area contributed by atoms with Crippen molar-refractivity contribution in [3.05, 3.63) is 54.1 Å². The Kier molecular flexibility index (Phi) is 3.98. The highest BCUT2D eigenvalue weighted by atomic mass is 16.5. The molecule has 0 saturated carbocycles. The third kappa shape index (κ3) is 2.68. The number of imidazole rings is 1. The third-order valence-corrected chi connectivity index (χ3v) is 3.63. The fraction of sp³-hybridized carbons (Fsp3) is 0.333. The van der Waals surface area contributed by atoms with Gasteiger partial charge in [-0.25, -0.2) is 4.98 Å². The molecule has 1 aromatic heterocycles. The molecule has 0 unspecified atom stereocenters. The van der Waals surface area contributed by atoms with Crippen molar-refractivity contribution in [2.24, 2.45) is 0 Å². The van der Waals surface area contributed by atoms with Gasteiger partial charge in [-0.2, -0.15) is 0 Å². The Hall–Kier alpha value is -2.18. The van der Waals surface area contributed by atoms with Gasteiger partial charge in [0.2, 0.25) is 0 Å². The number of aliphatic hydroxyl groups is 1. The van der Waals surface area contributed by atoms with Crippen molar-refractivity contribution in [1.82, 2.24) is 14.9 Å². The molecule has 6 heteroatoms. The number of nitrogens with zero attached hydrogens (tertiary/aromatic N) is 2. The molecule has 6 nitrogen and oxygen atoms in total. The average Bonchev–Trinajstić information content (AvgIpc) is 3.08. The molecule has 0 radical (unpaired) electrons. The van der Waals surface area contributed by atoms with E-state index in [1.807, 2.05) is 30.3 Å². The van der Waals surface area contributed by atoms with E-state index >= 15 is 0 Å². The van der Waals surface area contributed by atoms with Gasteiger partial charge in [0.1, 0.15) is 6.10 Å². The molecule has 21 heavy (non-hydrogen) atoms. The zero-order valence-electron chi connectivity index (χ0n) is 11.5. The monoisotopic (exact) mass is 287 g/mol. The Balaban J connectivity index is 1.94. The van der Waals surface area contributed by atoms with E-state index in [1.165, 1.54) is 0 Å². The van der Waals surface area contributed by atoms with E-state index in [9.17, 15) is 9.90 Å². The van der Waals surface area contributed by atoms with Crippen LogP contribution in [0.15, 0.2) is 42.7 Å². The fourth-order valence-electron chi connectivity index (χ4n) is 2.68. The third-order valence-electron chi connectivity index (χ3n) is 3.63. The van der Waals surface area contributed by atoms with Gasteiger partial charge in [0.15, 0.2) is 5.82 Å². The average molecular weight is 287 g/mol. The Labute approximate surface area is 122 Å². The molecule has 0 spiro atoms. The van der Waals surface area contributed by atoms with Crippen molar-refractivity contribution in [2.75, 3.05) is 19.8 Å². The number of carbonyl (C=O) groups is 1. The predicted molar refractivity (Wildman–Crippen MR) is 75.6 cm³/mol. The maximum absolute atomic E-state index is 12.6. The molecule has 0 bridgehead atoms. The van der Waals surface area contributed by atoms with Gasteiger partial charge in [-0.3, -0.25) is 4.79 Å².